The van der Waals surface area contributed by atoms with Crippen molar-refractivity contribution in [1.82, 2.24) is 10.6 Å². The molecule has 1 aliphatic heterocycles. The van der Waals surface area contributed by atoms with Crippen LogP contribution in [-0.4, -0.2) is 37.3 Å². The van der Waals surface area contributed by atoms with Crippen molar-refractivity contribution in [3.05, 3.63) is 0 Å². The highest BCUT2D eigenvalue weighted by molar-refractivity contribution is 5.83. The van der Waals surface area contributed by atoms with E-state index in [1.807, 2.05) is 0 Å². The fourth-order valence-electron chi connectivity index (χ4n) is 2.55. The monoisotopic (exact) mass is 256 g/mol. The summed E-state index contributed by atoms with van der Waals surface area (Å²) in [6.07, 6.45) is 1.62. The predicted molar refractivity (Wildman–Crippen MR) is 73.3 cm³/mol. The van der Waals surface area contributed by atoms with Crippen LogP contribution in [0.3, 0.4) is 0 Å². The van der Waals surface area contributed by atoms with Crippen LogP contribution < -0.4 is 10.6 Å². The largest absolute Gasteiger partial charge is 0.396 e. The van der Waals surface area contributed by atoms with Gasteiger partial charge in [-0.05, 0) is 30.7 Å². The Morgan fingerprint density at radius 2 is 2.17 bits per heavy atom. The fraction of sp³-hybridized carbons (Fsp3) is 0.929. The van der Waals surface area contributed by atoms with Crippen molar-refractivity contribution < 1.29 is 9.90 Å². The lowest BCUT2D eigenvalue weighted by molar-refractivity contribution is -0.133. The van der Waals surface area contributed by atoms with Crippen LogP contribution in [0.25, 0.3) is 0 Å². The number of amides is 1. The number of carbonyl (C=O) groups is 1. The Morgan fingerprint density at radius 3 is 2.61 bits per heavy atom. The molecule has 1 unspecified atom stereocenters. The van der Waals surface area contributed by atoms with Crippen LogP contribution >= 0.6 is 0 Å². The van der Waals surface area contributed by atoms with Crippen LogP contribution in [0, 0.1) is 16.7 Å². The van der Waals surface area contributed by atoms with Gasteiger partial charge in [0.05, 0.1) is 5.41 Å². The van der Waals surface area contributed by atoms with Crippen LogP contribution in [0.4, 0.5) is 0 Å². The summed E-state index contributed by atoms with van der Waals surface area (Å²) in [5, 5.41) is 15.4. The van der Waals surface area contributed by atoms with Gasteiger partial charge in [-0.3, -0.25) is 4.79 Å². The van der Waals surface area contributed by atoms with Crippen LogP contribution in [0.1, 0.15) is 40.5 Å². The molecule has 1 amide bonds. The summed E-state index contributed by atoms with van der Waals surface area (Å²) in [6, 6.07) is 0. The number of hydrogen-bond donors (Lipinski definition) is 3. The average molecular weight is 256 g/mol. The van der Waals surface area contributed by atoms with E-state index in [0.717, 1.165) is 19.5 Å². The lowest BCUT2D eigenvalue weighted by Crippen LogP contribution is -2.48. The minimum atomic E-state index is -0.255. The van der Waals surface area contributed by atoms with Gasteiger partial charge in [0.1, 0.15) is 0 Å². The van der Waals surface area contributed by atoms with Crippen molar-refractivity contribution in [2.45, 2.75) is 40.5 Å². The van der Waals surface area contributed by atoms with Crippen molar-refractivity contribution in [2.24, 2.45) is 16.7 Å². The highest BCUT2D eigenvalue weighted by atomic mass is 16.3. The molecule has 0 radical (unpaired) electrons. The van der Waals surface area contributed by atoms with E-state index >= 15 is 0 Å². The molecule has 0 aromatic rings. The van der Waals surface area contributed by atoms with Gasteiger partial charge in [0.2, 0.25) is 5.91 Å². The SMILES string of the molecule is CC(C)C1(C(=O)NCC(C)(C)CCO)CCNC1. The second-order valence-corrected chi connectivity index (χ2v) is 6.56. The smallest absolute Gasteiger partial charge is 0.227 e. The van der Waals surface area contributed by atoms with E-state index in [1.165, 1.54) is 0 Å². The molecule has 0 aromatic carbocycles. The Morgan fingerprint density at radius 1 is 1.50 bits per heavy atom. The van der Waals surface area contributed by atoms with E-state index in [4.69, 9.17) is 5.11 Å². The summed E-state index contributed by atoms with van der Waals surface area (Å²) < 4.78 is 0. The topological polar surface area (TPSA) is 61.4 Å². The third-order valence-corrected chi connectivity index (χ3v) is 4.26. The molecule has 0 aromatic heterocycles. The Kier molecular flexibility index (Phi) is 5.17. The number of aliphatic hydroxyl groups excluding tert-OH is 1. The highest BCUT2D eigenvalue weighted by Crippen LogP contribution is 2.34. The van der Waals surface area contributed by atoms with E-state index in [9.17, 15) is 4.79 Å². The fourth-order valence-corrected chi connectivity index (χ4v) is 2.55. The summed E-state index contributed by atoms with van der Waals surface area (Å²) >= 11 is 0. The minimum absolute atomic E-state index is 0.0470. The van der Waals surface area contributed by atoms with Crippen molar-refractivity contribution >= 4 is 5.91 Å². The Hall–Kier alpha value is -0.610. The van der Waals surface area contributed by atoms with E-state index in [-0.39, 0.29) is 23.3 Å². The molecule has 3 N–H and O–H groups in total. The molecule has 1 heterocycles. The lowest BCUT2D eigenvalue weighted by Gasteiger charge is -2.33. The quantitative estimate of drug-likeness (QED) is 0.668. The zero-order valence-electron chi connectivity index (χ0n) is 12.2. The molecule has 18 heavy (non-hydrogen) atoms. The molecule has 106 valence electrons. The summed E-state index contributed by atoms with van der Waals surface area (Å²) in [5.74, 6) is 0.502. The third-order valence-electron chi connectivity index (χ3n) is 4.26. The third kappa shape index (κ3) is 3.45. The average Bonchev–Trinajstić information content (AvgIpc) is 2.76. The molecular weight excluding hydrogens is 228 g/mol. The Bertz CT molecular complexity index is 282. The molecule has 4 nitrogen and oxygen atoms in total. The summed E-state index contributed by atoms with van der Waals surface area (Å²) in [6.45, 7) is 10.9. The number of carbonyl (C=O) groups excluding carboxylic acids is 1. The molecule has 0 aliphatic carbocycles. The molecule has 0 bridgehead atoms. The van der Waals surface area contributed by atoms with E-state index in [2.05, 4.69) is 38.3 Å². The maximum atomic E-state index is 12.4. The Labute approximate surface area is 111 Å². The summed E-state index contributed by atoms with van der Waals surface area (Å²) in [4.78, 5) is 12.4. The molecular formula is C14H28N2O2. The van der Waals surface area contributed by atoms with Gasteiger partial charge in [0, 0.05) is 19.7 Å². The molecule has 1 fully saturated rings. The van der Waals surface area contributed by atoms with Gasteiger partial charge in [0.25, 0.3) is 0 Å². The maximum Gasteiger partial charge on any atom is 0.227 e. The first-order valence-corrected chi connectivity index (χ1v) is 6.94. The van der Waals surface area contributed by atoms with Crippen molar-refractivity contribution in [2.75, 3.05) is 26.2 Å². The first-order chi connectivity index (χ1) is 8.34. The second-order valence-electron chi connectivity index (χ2n) is 6.56. The Balaban J connectivity index is 2.58. The van der Waals surface area contributed by atoms with Crippen molar-refractivity contribution in [1.29, 1.82) is 0 Å². The first-order valence-electron chi connectivity index (χ1n) is 6.94. The molecule has 1 aliphatic rings. The maximum absolute atomic E-state index is 12.4. The van der Waals surface area contributed by atoms with Gasteiger partial charge in [-0.1, -0.05) is 27.7 Å². The van der Waals surface area contributed by atoms with Crippen molar-refractivity contribution in [3.63, 3.8) is 0 Å². The number of aliphatic hydroxyl groups is 1. The van der Waals surface area contributed by atoms with Crippen LogP contribution in [0.2, 0.25) is 0 Å². The summed E-state index contributed by atoms with van der Waals surface area (Å²) in [7, 11) is 0. The molecule has 4 heteroatoms. The van der Waals surface area contributed by atoms with Gasteiger partial charge in [-0.25, -0.2) is 0 Å². The van der Waals surface area contributed by atoms with Gasteiger partial charge in [-0.2, -0.15) is 0 Å². The molecule has 0 saturated carbocycles. The number of nitrogens with one attached hydrogen (secondary N) is 2. The molecule has 1 rings (SSSR count). The van der Waals surface area contributed by atoms with Crippen LogP contribution in [-0.2, 0) is 4.79 Å². The number of hydrogen-bond acceptors (Lipinski definition) is 3. The van der Waals surface area contributed by atoms with Crippen LogP contribution in [0.5, 0.6) is 0 Å². The standard InChI is InChI=1S/C14H28N2O2/c1-11(2)14(5-7-15-10-14)12(18)16-9-13(3,4)6-8-17/h11,15,17H,5-10H2,1-4H3,(H,16,18). The van der Waals surface area contributed by atoms with Crippen molar-refractivity contribution in [3.8, 4) is 0 Å². The second kappa shape index (κ2) is 6.02. The molecule has 0 spiro atoms. The summed E-state index contributed by atoms with van der Waals surface area (Å²) in [5.41, 5.74) is -0.302. The van der Waals surface area contributed by atoms with E-state index in [0.29, 0.717) is 18.9 Å². The first kappa shape index (κ1) is 15.4. The zero-order chi connectivity index (χ0) is 13.8. The van der Waals surface area contributed by atoms with Gasteiger partial charge in [0.15, 0.2) is 0 Å². The molecule has 1 saturated heterocycles. The minimum Gasteiger partial charge on any atom is -0.396 e. The molecule has 1 atom stereocenters. The van der Waals surface area contributed by atoms with Crippen LogP contribution in [0.15, 0.2) is 0 Å². The van der Waals surface area contributed by atoms with Gasteiger partial charge >= 0.3 is 0 Å². The normalized spacial score (nSPS) is 24.6. The van der Waals surface area contributed by atoms with E-state index in [1.54, 1.807) is 0 Å². The lowest BCUT2D eigenvalue weighted by atomic mass is 9.75. The highest BCUT2D eigenvalue weighted by Gasteiger charge is 2.43. The predicted octanol–water partition coefficient (Wildman–Crippen LogP) is 1.15. The number of rotatable bonds is 6. The van der Waals surface area contributed by atoms with Gasteiger partial charge in [-0.15, -0.1) is 0 Å². The van der Waals surface area contributed by atoms with E-state index < -0.39 is 0 Å². The zero-order valence-corrected chi connectivity index (χ0v) is 12.2. The van der Waals surface area contributed by atoms with Gasteiger partial charge < -0.3 is 15.7 Å².